The molecule has 1 aliphatic rings. The Morgan fingerprint density at radius 3 is 3.00 bits per heavy atom. The Bertz CT molecular complexity index is 505. The summed E-state index contributed by atoms with van der Waals surface area (Å²) in [5, 5.41) is 4.21. The van der Waals surface area contributed by atoms with Crippen LogP contribution in [0.15, 0.2) is 12.3 Å². The van der Waals surface area contributed by atoms with Crippen molar-refractivity contribution in [2.75, 3.05) is 5.32 Å². The van der Waals surface area contributed by atoms with Crippen LogP contribution < -0.4 is 5.32 Å². The van der Waals surface area contributed by atoms with Crippen molar-refractivity contribution in [2.24, 2.45) is 0 Å². The van der Waals surface area contributed by atoms with Crippen molar-refractivity contribution < 1.29 is 0 Å². The van der Waals surface area contributed by atoms with Gasteiger partial charge in [0.05, 0.1) is 0 Å². The third kappa shape index (κ3) is 2.01. The van der Waals surface area contributed by atoms with Crippen LogP contribution in [-0.2, 0) is 0 Å². The van der Waals surface area contributed by atoms with E-state index in [1.54, 1.807) is 6.20 Å². The predicted molar refractivity (Wildman–Crippen MR) is 62.3 cm³/mol. The van der Waals surface area contributed by atoms with E-state index in [2.05, 4.69) is 24.6 Å². The average Bonchev–Trinajstić information content (AvgIpc) is 2.94. The van der Waals surface area contributed by atoms with Crippen LogP contribution in [0.3, 0.4) is 0 Å². The van der Waals surface area contributed by atoms with E-state index < -0.39 is 0 Å². The second-order valence-corrected chi connectivity index (χ2v) is 4.58. The van der Waals surface area contributed by atoms with Gasteiger partial charge in [-0.25, -0.2) is 9.97 Å². The fraction of sp³-hybridized carbons (Fsp3) is 0.400. The average molecular weight is 233 g/mol. The van der Waals surface area contributed by atoms with Crippen molar-refractivity contribution in [1.82, 2.24) is 19.3 Å². The second kappa shape index (κ2) is 3.79. The maximum atomic E-state index is 4.41. The molecule has 1 aliphatic carbocycles. The Hall–Kier alpha value is -1.56. The second-order valence-electron chi connectivity index (χ2n) is 3.83. The number of anilines is 1. The Balaban J connectivity index is 1.85. The number of hydrogen-bond donors (Lipinski definition) is 1. The summed E-state index contributed by atoms with van der Waals surface area (Å²) in [7, 11) is 0. The van der Waals surface area contributed by atoms with E-state index in [9.17, 15) is 0 Å². The van der Waals surface area contributed by atoms with Crippen LogP contribution in [0.1, 0.15) is 18.7 Å². The third-order valence-corrected chi connectivity index (χ3v) is 2.98. The van der Waals surface area contributed by atoms with E-state index in [-0.39, 0.29) is 0 Å². The summed E-state index contributed by atoms with van der Waals surface area (Å²) in [6, 6.07) is 2.43. The van der Waals surface area contributed by atoms with Crippen LogP contribution in [0.4, 0.5) is 5.13 Å². The highest BCUT2D eigenvalue weighted by Crippen LogP contribution is 2.27. The van der Waals surface area contributed by atoms with Crippen LogP contribution in [-0.4, -0.2) is 25.4 Å². The number of rotatable bonds is 3. The molecule has 6 heteroatoms. The van der Waals surface area contributed by atoms with Gasteiger partial charge in [-0.2, -0.15) is 9.36 Å². The lowest BCUT2D eigenvalue weighted by Crippen LogP contribution is -1.99. The standard InChI is InChI=1S/C10H11N5S/c1-6-11-5-4-8(12-6)9-14-10(16-15-9)13-7-2-3-7/h4-5,7H,2-3H2,1H3,(H,13,14,15). The summed E-state index contributed by atoms with van der Waals surface area (Å²) >= 11 is 1.39. The summed E-state index contributed by atoms with van der Waals surface area (Å²) in [4.78, 5) is 12.8. The number of aromatic nitrogens is 4. The molecule has 1 N–H and O–H groups in total. The largest absolute Gasteiger partial charge is 0.358 e. The van der Waals surface area contributed by atoms with E-state index >= 15 is 0 Å². The SMILES string of the molecule is Cc1nccc(-c2nsc(NC3CC3)n2)n1. The lowest BCUT2D eigenvalue weighted by Gasteiger charge is -1.96. The minimum atomic E-state index is 0.605. The first-order valence-corrected chi connectivity index (χ1v) is 5.99. The van der Waals surface area contributed by atoms with Crippen LogP contribution in [0, 0.1) is 6.92 Å². The van der Waals surface area contributed by atoms with Crippen molar-refractivity contribution in [3.05, 3.63) is 18.1 Å². The van der Waals surface area contributed by atoms with Crippen LogP contribution in [0.25, 0.3) is 11.5 Å². The first kappa shape index (κ1) is 9.65. The molecule has 0 amide bonds. The highest BCUT2D eigenvalue weighted by Gasteiger charge is 2.22. The van der Waals surface area contributed by atoms with Gasteiger partial charge in [-0.1, -0.05) is 0 Å². The van der Waals surface area contributed by atoms with Crippen molar-refractivity contribution in [1.29, 1.82) is 0 Å². The number of hydrogen-bond acceptors (Lipinski definition) is 6. The number of nitrogens with one attached hydrogen (secondary N) is 1. The van der Waals surface area contributed by atoms with Crippen molar-refractivity contribution in [3.8, 4) is 11.5 Å². The zero-order valence-corrected chi connectivity index (χ0v) is 9.66. The van der Waals surface area contributed by atoms with Gasteiger partial charge in [-0.3, -0.25) is 0 Å². The highest BCUT2D eigenvalue weighted by atomic mass is 32.1. The fourth-order valence-corrected chi connectivity index (χ4v) is 2.02. The zero-order valence-electron chi connectivity index (χ0n) is 8.84. The van der Waals surface area contributed by atoms with Crippen molar-refractivity contribution >= 4 is 16.7 Å². The highest BCUT2D eigenvalue weighted by molar-refractivity contribution is 7.09. The van der Waals surface area contributed by atoms with E-state index in [0.717, 1.165) is 16.6 Å². The molecule has 2 aromatic rings. The molecule has 1 fully saturated rings. The van der Waals surface area contributed by atoms with Gasteiger partial charge in [-0.05, 0) is 25.8 Å². The van der Waals surface area contributed by atoms with E-state index in [1.165, 1.54) is 24.4 Å². The molecule has 0 bridgehead atoms. The Morgan fingerprint density at radius 1 is 1.38 bits per heavy atom. The predicted octanol–water partition coefficient (Wildman–Crippen LogP) is 1.88. The molecule has 82 valence electrons. The molecule has 2 heterocycles. The van der Waals surface area contributed by atoms with Crippen LogP contribution >= 0.6 is 11.5 Å². The number of nitrogens with zero attached hydrogens (tertiary/aromatic N) is 4. The van der Waals surface area contributed by atoms with Gasteiger partial charge in [0, 0.05) is 23.8 Å². The van der Waals surface area contributed by atoms with Gasteiger partial charge >= 0.3 is 0 Å². The minimum absolute atomic E-state index is 0.605. The molecule has 0 aliphatic heterocycles. The van der Waals surface area contributed by atoms with Gasteiger partial charge in [0.2, 0.25) is 5.13 Å². The molecule has 0 unspecified atom stereocenters. The summed E-state index contributed by atoms with van der Waals surface area (Å²) in [5.74, 6) is 1.42. The van der Waals surface area contributed by atoms with Crippen molar-refractivity contribution in [2.45, 2.75) is 25.8 Å². The van der Waals surface area contributed by atoms with E-state index in [0.29, 0.717) is 11.9 Å². The smallest absolute Gasteiger partial charge is 0.203 e. The first-order chi connectivity index (χ1) is 7.81. The van der Waals surface area contributed by atoms with E-state index in [1.807, 2.05) is 13.0 Å². The van der Waals surface area contributed by atoms with Crippen molar-refractivity contribution in [3.63, 3.8) is 0 Å². The monoisotopic (exact) mass is 233 g/mol. The lowest BCUT2D eigenvalue weighted by atomic mass is 10.4. The summed E-state index contributed by atoms with van der Waals surface area (Å²) in [5.41, 5.74) is 0.785. The Labute approximate surface area is 97.2 Å². The molecule has 0 atom stereocenters. The molecule has 0 aromatic carbocycles. The van der Waals surface area contributed by atoms with Gasteiger partial charge in [-0.15, -0.1) is 0 Å². The van der Waals surface area contributed by atoms with Crippen LogP contribution in [0.5, 0.6) is 0 Å². The third-order valence-electron chi connectivity index (χ3n) is 2.34. The molecule has 2 aromatic heterocycles. The molecular formula is C10H11N5S. The van der Waals surface area contributed by atoms with Gasteiger partial charge in [0.15, 0.2) is 5.82 Å². The summed E-state index contributed by atoms with van der Waals surface area (Å²) < 4.78 is 4.29. The maximum Gasteiger partial charge on any atom is 0.203 e. The van der Waals surface area contributed by atoms with Gasteiger partial charge in [0.25, 0.3) is 0 Å². The fourth-order valence-electron chi connectivity index (χ4n) is 1.37. The summed E-state index contributed by atoms with van der Waals surface area (Å²) in [6.07, 6.45) is 4.20. The molecule has 0 saturated heterocycles. The van der Waals surface area contributed by atoms with Crippen LogP contribution in [0.2, 0.25) is 0 Å². The molecule has 1 saturated carbocycles. The topological polar surface area (TPSA) is 63.6 Å². The molecule has 5 nitrogen and oxygen atoms in total. The maximum absolute atomic E-state index is 4.41. The summed E-state index contributed by atoms with van der Waals surface area (Å²) in [6.45, 7) is 1.86. The zero-order chi connectivity index (χ0) is 11.0. The lowest BCUT2D eigenvalue weighted by molar-refractivity contribution is 1.04. The molecule has 0 radical (unpaired) electrons. The Morgan fingerprint density at radius 2 is 2.25 bits per heavy atom. The molecule has 3 rings (SSSR count). The molecule has 16 heavy (non-hydrogen) atoms. The normalized spacial score (nSPS) is 15.1. The molecule has 0 spiro atoms. The van der Waals surface area contributed by atoms with E-state index in [4.69, 9.17) is 0 Å². The minimum Gasteiger partial charge on any atom is -0.358 e. The van der Waals surface area contributed by atoms with Gasteiger partial charge < -0.3 is 5.32 Å². The Kier molecular flexibility index (Phi) is 2.28. The molecular weight excluding hydrogens is 222 g/mol. The number of aryl methyl sites for hydroxylation is 1. The first-order valence-electron chi connectivity index (χ1n) is 5.21. The quantitative estimate of drug-likeness (QED) is 0.877. The van der Waals surface area contributed by atoms with Gasteiger partial charge in [0.1, 0.15) is 11.5 Å².